The Labute approximate surface area is 108 Å². The molecule has 0 aliphatic carbocycles. The number of H-pyrrole nitrogens is 1. The van der Waals surface area contributed by atoms with Crippen LogP contribution in [0, 0.1) is 5.92 Å². The van der Waals surface area contributed by atoms with Gasteiger partial charge in [-0.05, 0) is 18.8 Å². The Morgan fingerprint density at radius 2 is 2.17 bits per heavy atom. The second-order valence-corrected chi connectivity index (χ2v) is 6.99. The highest BCUT2D eigenvalue weighted by atomic mass is 32.2. The average Bonchev–Trinajstić information content (AvgIpc) is 2.82. The lowest BCUT2D eigenvalue weighted by Gasteiger charge is -2.32. The molecular weight excluding hydrogens is 252 g/mol. The number of aromatic amines is 1. The van der Waals surface area contributed by atoms with Crippen LogP contribution in [0.4, 0.5) is 0 Å². The van der Waals surface area contributed by atoms with E-state index < -0.39 is 10.2 Å². The van der Waals surface area contributed by atoms with Crippen LogP contribution in [0.1, 0.15) is 25.3 Å². The molecule has 2 rings (SSSR count). The van der Waals surface area contributed by atoms with Gasteiger partial charge in [-0.2, -0.15) is 22.1 Å². The fourth-order valence-corrected chi connectivity index (χ4v) is 3.49. The largest absolute Gasteiger partial charge is 0.285 e. The summed E-state index contributed by atoms with van der Waals surface area (Å²) >= 11 is 0. The Kier molecular flexibility index (Phi) is 4.04. The normalized spacial score (nSPS) is 19.5. The Bertz CT molecular complexity index is 463. The Hall–Kier alpha value is -0.920. The minimum absolute atomic E-state index is 0.352. The number of aromatic nitrogens is 2. The molecule has 0 bridgehead atoms. The van der Waals surface area contributed by atoms with Crippen molar-refractivity contribution in [2.45, 2.75) is 26.3 Å². The van der Waals surface area contributed by atoms with Gasteiger partial charge in [0.15, 0.2) is 0 Å². The van der Waals surface area contributed by atoms with E-state index in [0.717, 1.165) is 18.4 Å². The van der Waals surface area contributed by atoms with Gasteiger partial charge < -0.3 is 0 Å². The maximum atomic E-state index is 12.3. The summed E-state index contributed by atoms with van der Waals surface area (Å²) in [5.74, 6) is 0.621. The smallest absolute Gasteiger partial charge is 0.282 e. The van der Waals surface area contributed by atoms with Gasteiger partial charge in [-0.1, -0.05) is 6.92 Å². The molecule has 1 aliphatic heterocycles. The van der Waals surface area contributed by atoms with Gasteiger partial charge in [-0.15, -0.1) is 0 Å². The molecule has 1 aromatic heterocycles. The first kappa shape index (κ1) is 13.5. The molecule has 1 saturated heterocycles. The van der Waals surface area contributed by atoms with Crippen LogP contribution in [0.3, 0.4) is 0 Å². The Morgan fingerprint density at radius 3 is 2.72 bits per heavy atom. The van der Waals surface area contributed by atoms with E-state index in [1.807, 2.05) is 0 Å². The fraction of sp³-hybridized carbons (Fsp3) is 0.727. The predicted molar refractivity (Wildman–Crippen MR) is 68.9 cm³/mol. The lowest BCUT2D eigenvalue weighted by atomic mass is 10.0. The van der Waals surface area contributed by atoms with Crippen molar-refractivity contribution >= 4 is 10.2 Å². The zero-order chi connectivity index (χ0) is 13.2. The molecule has 18 heavy (non-hydrogen) atoms. The predicted octanol–water partition coefficient (Wildman–Crippen LogP) is 0.818. The van der Waals surface area contributed by atoms with Crippen molar-refractivity contribution in [1.29, 1.82) is 0 Å². The van der Waals surface area contributed by atoms with E-state index in [1.54, 1.807) is 23.7 Å². The van der Waals surface area contributed by atoms with Crippen LogP contribution in [0.2, 0.25) is 0 Å². The quantitative estimate of drug-likeness (QED) is 0.882. The van der Waals surface area contributed by atoms with Gasteiger partial charge in [0.25, 0.3) is 10.2 Å². The van der Waals surface area contributed by atoms with Gasteiger partial charge in [0.05, 0.1) is 6.20 Å². The molecule has 0 radical (unpaired) electrons. The number of piperidine rings is 1. The molecule has 2 heterocycles. The summed E-state index contributed by atoms with van der Waals surface area (Å²) in [6.45, 7) is 3.77. The molecule has 0 saturated carbocycles. The number of nitrogens with zero attached hydrogens (tertiary/aromatic N) is 3. The third-order valence-corrected chi connectivity index (χ3v) is 5.36. The van der Waals surface area contributed by atoms with Gasteiger partial charge >= 0.3 is 0 Å². The second kappa shape index (κ2) is 5.38. The second-order valence-electron chi connectivity index (χ2n) is 4.95. The average molecular weight is 272 g/mol. The zero-order valence-electron chi connectivity index (χ0n) is 10.8. The van der Waals surface area contributed by atoms with Gasteiger partial charge in [0.1, 0.15) is 0 Å². The van der Waals surface area contributed by atoms with Crippen molar-refractivity contribution in [2.75, 3.05) is 20.1 Å². The van der Waals surface area contributed by atoms with Gasteiger partial charge in [0.2, 0.25) is 0 Å². The third-order valence-electron chi connectivity index (χ3n) is 3.42. The van der Waals surface area contributed by atoms with E-state index in [2.05, 4.69) is 17.1 Å². The van der Waals surface area contributed by atoms with Gasteiger partial charge in [0, 0.05) is 38.4 Å². The molecule has 7 heteroatoms. The number of nitrogens with one attached hydrogen (secondary N) is 1. The van der Waals surface area contributed by atoms with Crippen LogP contribution in [0.15, 0.2) is 12.4 Å². The number of hydrogen-bond donors (Lipinski definition) is 1. The summed E-state index contributed by atoms with van der Waals surface area (Å²) in [5.41, 5.74) is 0.867. The highest BCUT2D eigenvalue weighted by Crippen LogP contribution is 2.20. The fourth-order valence-electron chi connectivity index (χ4n) is 2.12. The molecule has 1 aliphatic rings. The molecule has 0 amide bonds. The first-order valence-corrected chi connectivity index (χ1v) is 7.59. The van der Waals surface area contributed by atoms with Crippen molar-refractivity contribution < 1.29 is 8.42 Å². The molecule has 0 aromatic carbocycles. The van der Waals surface area contributed by atoms with Crippen LogP contribution in [0.5, 0.6) is 0 Å². The first-order chi connectivity index (χ1) is 8.50. The zero-order valence-corrected chi connectivity index (χ0v) is 11.7. The lowest BCUT2D eigenvalue weighted by molar-refractivity contribution is 0.269. The molecule has 6 nitrogen and oxygen atoms in total. The minimum Gasteiger partial charge on any atom is -0.285 e. The van der Waals surface area contributed by atoms with E-state index in [4.69, 9.17) is 0 Å². The highest BCUT2D eigenvalue weighted by Gasteiger charge is 2.29. The molecule has 1 fully saturated rings. The van der Waals surface area contributed by atoms with E-state index in [-0.39, 0.29) is 0 Å². The molecule has 0 atom stereocenters. The first-order valence-electron chi connectivity index (χ1n) is 6.19. The van der Waals surface area contributed by atoms with Crippen molar-refractivity contribution in [3.63, 3.8) is 0 Å². The van der Waals surface area contributed by atoms with Gasteiger partial charge in [-0.3, -0.25) is 5.10 Å². The van der Waals surface area contributed by atoms with Crippen LogP contribution < -0.4 is 0 Å². The van der Waals surface area contributed by atoms with E-state index in [0.29, 0.717) is 25.6 Å². The molecular formula is C11H20N4O2S. The summed E-state index contributed by atoms with van der Waals surface area (Å²) in [6.07, 6.45) is 5.24. The summed E-state index contributed by atoms with van der Waals surface area (Å²) in [6, 6.07) is 0. The van der Waals surface area contributed by atoms with Crippen LogP contribution in [-0.4, -0.2) is 47.4 Å². The monoisotopic (exact) mass is 272 g/mol. The minimum atomic E-state index is -3.34. The van der Waals surface area contributed by atoms with Gasteiger partial charge in [-0.25, -0.2) is 0 Å². The maximum Gasteiger partial charge on any atom is 0.282 e. The van der Waals surface area contributed by atoms with Crippen molar-refractivity contribution in [2.24, 2.45) is 5.92 Å². The Morgan fingerprint density at radius 1 is 1.50 bits per heavy atom. The molecule has 0 unspecified atom stereocenters. The van der Waals surface area contributed by atoms with E-state index in [9.17, 15) is 8.42 Å². The molecule has 0 spiro atoms. The number of rotatable bonds is 4. The highest BCUT2D eigenvalue weighted by molar-refractivity contribution is 7.86. The number of hydrogen-bond acceptors (Lipinski definition) is 3. The summed E-state index contributed by atoms with van der Waals surface area (Å²) in [7, 11) is -1.73. The standard InChI is InChI=1S/C11H20N4O2S/c1-10-3-5-15(6-4-10)18(16,17)14(2)9-11-7-12-13-8-11/h7-8,10H,3-6,9H2,1-2H3,(H,12,13). The van der Waals surface area contributed by atoms with Crippen LogP contribution in [0.25, 0.3) is 0 Å². The maximum absolute atomic E-state index is 12.3. The SMILES string of the molecule is CC1CCN(S(=O)(=O)N(C)Cc2cn[nH]c2)CC1. The van der Waals surface area contributed by atoms with E-state index >= 15 is 0 Å². The summed E-state index contributed by atoms with van der Waals surface area (Å²) in [4.78, 5) is 0. The van der Waals surface area contributed by atoms with E-state index in [1.165, 1.54) is 4.31 Å². The summed E-state index contributed by atoms with van der Waals surface area (Å²) < 4.78 is 27.6. The molecule has 1 N–H and O–H groups in total. The molecule has 102 valence electrons. The lowest BCUT2D eigenvalue weighted by Crippen LogP contribution is -2.45. The third kappa shape index (κ3) is 2.90. The topological polar surface area (TPSA) is 69.3 Å². The Balaban J connectivity index is 2.01. The summed E-state index contributed by atoms with van der Waals surface area (Å²) in [5, 5.41) is 6.51. The van der Waals surface area contributed by atoms with Crippen LogP contribution in [-0.2, 0) is 16.8 Å². The molecule has 1 aromatic rings. The van der Waals surface area contributed by atoms with Crippen molar-refractivity contribution in [3.05, 3.63) is 18.0 Å². The van der Waals surface area contributed by atoms with Crippen molar-refractivity contribution in [3.8, 4) is 0 Å². The van der Waals surface area contributed by atoms with Crippen molar-refractivity contribution in [1.82, 2.24) is 18.8 Å². The van der Waals surface area contributed by atoms with Crippen LogP contribution >= 0.6 is 0 Å².